The lowest BCUT2D eigenvalue weighted by molar-refractivity contribution is -0.126. The lowest BCUT2D eigenvalue weighted by Gasteiger charge is -2.40. The minimum Gasteiger partial charge on any atom is -0.398 e. The molecule has 0 heterocycles. The number of hydrogen-bond donors (Lipinski definition) is 1. The van der Waals surface area contributed by atoms with E-state index in [9.17, 15) is 4.79 Å². The van der Waals surface area contributed by atoms with E-state index in [1.165, 1.54) is 22.1 Å². The first-order valence-electron chi connectivity index (χ1n) is 8.21. The third-order valence-corrected chi connectivity index (χ3v) is 6.14. The van der Waals surface area contributed by atoms with Crippen LogP contribution in [0.4, 0.5) is 5.69 Å². The van der Waals surface area contributed by atoms with Crippen LogP contribution in [-0.4, -0.2) is 5.78 Å². The van der Waals surface area contributed by atoms with Gasteiger partial charge in [-0.15, -0.1) is 0 Å². The molecule has 1 saturated carbocycles. The van der Waals surface area contributed by atoms with E-state index in [4.69, 9.17) is 5.73 Å². The normalized spacial score (nSPS) is 29.2. The Hall–Kier alpha value is -2.09. The average Bonchev–Trinajstić information content (AvgIpc) is 3.12. The summed E-state index contributed by atoms with van der Waals surface area (Å²) in [5, 5.41) is 2.30. The Morgan fingerprint density at radius 3 is 2.86 bits per heavy atom. The Labute approximate surface area is 130 Å². The van der Waals surface area contributed by atoms with E-state index in [2.05, 4.69) is 24.3 Å². The van der Waals surface area contributed by atoms with Crippen LogP contribution in [0.3, 0.4) is 0 Å². The van der Waals surface area contributed by atoms with Crippen LogP contribution in [0.2, 0.25) is 0 Å². The molecule has 2 atom stereocenters. The first-order valence-corrected chi connectivity index (χ1v) is 8.21. The molecule has 2 aromatic rings. The summed E-state index contributed by atoms with van der Waals surface area (Å²) in [7, 11) is 0. The molecule has 2 aromatic carbocycles. The van der Waals surface area contributed by atoms with Gasteiger partial charge in [0.1, 0.15) is 5.78 Å². The molecule has 0 aromatic heterocycles. The largest absolute Gasteiger partial charge is 0.398 e. The highest BCUT2D eigenvalue weighted by Crippen LogP contribution is 2.57. The molecule has 2 heteroatoms. The van der Waals surface area contributed by atoms with Gasteiger partial charge >= 0.3 is 0 Å². The number of aryl methyl sites for hydroxylation is 1. The minimum atomic E-state index is -0.242. The smallest absolute Gasteiger partial charge is 0.144 e. The highest BCUT2D eigenvalue weighted by atomic mass is 16.1. The number of benzene rings is 2. The Balaban J connectivity index is 1.82. The van der Waals surface area contributed by atoms with Crippen LogP contribution in [0.15, 0.2) is 42.0 Å². The summed E-state index contributed by atoms with van der Waals surface area (Å²) in [5.41, 5.74) is 10.9. The first-order chi connectivity index (χ1) is 10.7. The number of anilines is 1. The number of carbonyl (C=O) groups is 1. The van der Waals surface area contributed by atoms with E-state index < -0.39 is 0 Å². The molecule has 2 nitrogen and oxygen atoms in total. The Morgan fingerprint density at radius 2 is 2.09 bits per heavy atom. The molecule has 0 aliphatic heterocycles. The molecule has 0 amide bonds. The van der Waals surface area contributed by atoms with Crippen molar-refractivity contribution in [2.75, 3.05) is 5.73 Å². The average molecular weight is 289 g/mol. The van der Waals surface area contributed by atoms with Crippen molar-refractivity contribution in [1.82, 2.24) is 0 Å². The number of allylic oxidation sites excluding steroid dienone is 2. The topological polar surface area (TPSA) is 43.1 Å². The van der Waals surface area contributed by atoms with E-state index >= 15 is 0 Å². The van der Waals surface area contributed by atoms with Gasteiger partial charge in [-0.1, -0.05) is 29.8 Å². The maximum atomic E-state index is 12.9. The number of ketones is 1. The number of hydrogen-bond acceptors (Lipinski definition) is 2. The molecular weight excluding hydrogens is 270 g/mol. The molecule has 1 spiro atoms. The molecule has 2 bridgehead atoms. The molecular formula is C20H19NO. The van der Waals surface area contributed by atoms with Crippen molar-refractivity contribution in [3.05, 3.63) is 53.1 Å². The fourth-order valence-electron chi connectivity index (χ4n) is 5.10. The lowest BCUT2D eigenvalue weighted by Crippen LogP contribution is -2.43. The summed E-state index contributed by atoms with van der Waals surface area (Å²) in [6.45, 7) is 0. The first kappa shape index (κ1) is 12.5. The highest BCUT2D eigenvalue weighted by molar-refractivity contribution is 5.99. The van der Waals surface area contributed by atoms with Crippen molar-refractivity contribution in [3.8, 4) is 0 Å². The molecule has 110 valence electrons. The molecule has 2 unspecified atom stereocenters. The quantitative estimate of drug-likeness (QED) is 0.590. The van der Waals surface area contributed by atoms with Gasteiger partial charge in [-0.3, -0.25) is 4.79 Å². The van der Waals surface area contributed by atoms with E-state index in [1.807, 2.05) is 12.1 Å². The van der Waals surface area contributed by atoms with Crippen LogP contribution < -0.4 is 5.73 Å². The maximum Gasteiger partial charge on any atom is 0.144 e. The van der Waals surface area contributed by atoms with E-state index in [0.717, 1.165) is 36.8 Å². The fraction of sp³-hybridized carbons (Fsp3) is 0.350. The van der Waals surface area contributed by atoms with Crippen molar-refractivity contribution in [3.63, 3.8) is 0 Å². The molecule has 0 saturated heterocycles. The number of fused-ring (bicyclic) bond motifs is 6. The Kier molecular flexibility index (Phi) is 2.27. The van der Waals surface area contributed by atoms with E-state index in [0.29, 0.717) is 18.1 Å². The highest BCUT2D eigenvalue weighted by Gasteiger charge is 2.55. The van der Waals surface area contributed by atoms with Crippen LogP contribution in [0.25, 0.3) is 10.8 Å². The van der Waals surface area contributed by atoms with Crippen LogP contribution in [0.1, 0.15) is 36.8 Å². The van der Waals surface area contributed by atoms with Gasteiger partial charge in [0.2, 0.25) is 0 Å². The van der Waals surface area contributed by atoms with Crippen LogP contribution in [-0.2, 0) is 16.6 Å². The van der Waals surface area contributed by atoms with Gasteiger partial charge in [0.05, 0.1) is 5.41 Å². The van der Waals surface area contributed by atoms with Crippen molar-refractivity contribution >= 4 is 22.2 Å². The summed E-state index contributed by atoms with van der Waals surface area (Å²) in [6.07, 6.45) is 7.07. The standard InChI is InChI=1S/C20H19NO/c21-18-3-1-2-13-9-14-5-7-19(22)20(17(14)10-16(13)18)11-12-4-6-15(20)8-12/h1-4,9-10,15H,5-8,11,21H2. The maximum absolute atomic E-state index is 12.9. The predicted molar refractivity (Wildman–Crippen MR) is 88.8 cm³/mol. The molecule has 3 aliphatic carbocycles. The number of carbonyl (C=O) groups excluding carboxylic acids is 1. The third-order valence-electron chi connectivity index (χ3n) is 6.14. The van der Waals surface area contributed by atoms with Gasteiger partial charge in [-0.2, -0.15) is 0 Å². The minimum absolute atomic E-state index is 0.242. The molecule has 3 aliphatic rings. The molecule has 1 fully saturated rings. The second kappa shape index (κ2) is 4.01. The monoisotopic (exact) mass is 289 g/mol. The van der Waals surface area contributed by atoms with Gasteiger partial charge in [0.25, 0.3) is 0 Å². The van der Waals surface area contributed by atoms with Crippen molar-refractivity contribution in [2.24, 2.45) is 5.92 Å². The van der Waals surface area contributed by atoms with E-state index in [1.54, 1.807) is 0 Å². The number of rotatable bonds is 0. The van der Waals surface area contributed by atoms with Gasteiger partial charge in [0.15, 0.2) is 0 Å². The summed E-state index contributed by atoms with van der Waals surface area (Å²) in [5.74, 6) is 0.943. The molecule has 5 rings (SSSR count). The second-order valence-electron chi connectivity index (χ2n) is 7.15. The lowest BCUT2D eigenvalue weighted by atomic mass is 9.61. The molecule has 0 radical (unpaired) electrons. The van der Waals surface area contributed by atoms with Gasteiger partial charge < -0.3 is 5.73 Å². The van der Waals surface area contributed by atoms with Crippen molar-refractivity contribution in [1.29, 1.82) is 0 Å². The number of Topliss-reactive ketones (excluding diaryl/α,β-unsaturated/α-hetero) is 1. The summed E-state index contributed by atoms with van der Waals surface area (Å²) < 4.78 is 0. The van der Waals surface area contributed by atoms with Crippen LogP contribution in [0.5, 0.6) is 0 Å². The van der Waals surface area contributed by atoms with Crippen molar-refractivity contribution in [2.45, 2.75) is 37.5 Å². The number of nitrogen functional groups attached to an aromatic ring is 1. The van der Waals surface area contributed by atoms with Crippen LogP contribution >= 0.6 is 0 Å². The Bertz CT molecular complexity index is 863. The second-order valence-corrected chi connectivity index (χ2v) is 7.15. The summed E-state index contributed by atoms with van der Waals surface area (Å²) in [6, 6.07) is 10.6. The summed E-state index contributed by atoms with van der Waals surface area (Å²) >= 11 is 0. The predicted octanol–water partition coefficient (Wildman–Crippen LogP) is 3.92. The zero-order valence-corrected chi connectivity index (χ0v) is 12.6. The molecule has 22 heavy (non-hydrogen) atoms. The van der Waals surface area contributed by atoms with Gasteiger partial charge in [-0.05, 0) is 60.2 Å². The van der Waals surface area contributed by atoms with E-state index in [-0.39, 0.29) is 5.41 Å². The van der Waals surface area contributed by atoms with Crippen molar-refractivity contribution < 1.29 is 4.79 Å². The zero-order chi connectivity index (χ0) is 14.9. The zero-order valence-electron chi connectivity index (χ0n) is 12.6. The van der Waals surface area contributed by atoms with Crippen LogP contribution in [0, 0.1) is 5.92 Å². The third kappa shape index (κ3) is 1.38. The Morgan fingerprint density at radius 1 is 1.18 bits per heavy atom. The number of nitrogens with two attached hydrogens (primary N) is 1. The SMILES string of the molecule is Nc1cccc2cc3c(cc12)C1(CC2=CCC1C2)C(=O)CC3. The summed E-state index contributed by atoms with van der Waals surface area (Å²) in [4.78, 5) is 12.9. The molecule has 2 N–H and O–H groups in total. The van der Waals surface area contributed by atoms with Gasteiger partial charge in [0, 0.05) is 17.5 Å². The van der Waals surface area contributed by atoms with Gasteiger partial charge in [-0.25, -0.2) is 0 Å². The fourth-order valence-corrected chi connectivity index (χ4v) is 5.10.